The number of nitrogens with one attached hydrogen (secondary N) is 2. The highest BCUT2D eigenvalue weighted by Gasteiger charge is 2.49. The van der Waals surface area contributed by atoms with Gasteiger partial charge in [-0.05, 0) is 55.7 Å². The molecular formula is C25H25Cl2F3N6O2. The fraction of sp³-hybridized carbons (Fsp3) is 0.440. The second-order valence-electron chi connectivity index (χ2n) is 10.1. The summed E-state index contributed by atoms with van der Waals surface area (Å²) in [6.45, 7) is 0.137. The molecule has 0 spiro atoms. The number of hydrogen-bond acceptors (Lipinski definition) is 6. The quantitative estimate of drug-likeness (QED) is 0.321. The lowest BCUT2D eigenvalue weighted by atomic mass is 9.92. The normalized spacial score (nSPS) is 24.6. The Kier molecular flexibility index (Phi) is 7.27. The molecule has 2 aliphatic rings. The van der Waals surface area contributed by atoms with E-state index in [-0.39, 0.29) is 46.2 Å². The summed E-state index contributed by atoms with van der Waals surface area (Å²) in [6, 6.07) is 5.32. The van der Waals surface area contributed by atoms with Gasteiger partial charge in [-0.1, -0.05) is 23.2 Å². The number of aliphatic hydroxyl groups is 1. The zero-order chi connectivity index (χ0) is 27.2. The largest absolute Gasteiger partial charge is 0.388 e. The van der Waals surface area contributed by atoms with Crippen molar-refractivity contribution in [1.82, 2.24) is 19.5 Å². The van der Waals surface area contributed by atoms with Crippen molar-refractivity contribution in [3.63, 3.8) is 0 Å². The van der Waals surface area contributed by atoms with Crippen LogP contribution in [0.15, 0.2) is 30.6 Å². The Morgan fingerprint density at radius 1 is 1.21 bits per heavy atom. The van der Waals surface area contributed by atoms with Crippen molar-refractivity contribution in [3.05, 3.63) is 63.8 Å². The molecule has 5 rings (SSSR count). The van der Waals surface area contributed by atoms with Crippen LogP contribution in [0.25, 0.3) is 0 Å². The molecule has 0 bridgehead atoms. The lowest BCUT2D eigenvalue weighted by Crippen LogP contribution is -2.35. The van der Waals surface area contributed by atoms with E-state index < -0.39 is 23.7 Å². The van der Waals surface area contributed by atoms with Crippen molar-refractivity contribution in [2.24, 2.45) is 18.9 Å². The van der Waals surface area contributed by atoms with Gasteiger partial charge in [-0.3, -0.25) is 4.79 Å². The highest BCUT2D eigenvalue weighted by atomic mass is 35.5. The molecule has 38 heavy (non-hydrogen) atoms. The number of carbonyl (C=O) groups is 1. The number of imidazole rings is 1. The molecule has 2 unspecified atom stereocenters. The third kappa shape index (κ3) is 5.45. The van der Waals surface area contributed by atoms with Gasteiger partial charge in [-0.2, -0.15) is 0 Å². The van der Waals surface area contributed by atoms with Gasteiger partial charge in [-0.25, -0.2) is 28.1 Å². The fourth-order valence-corrected chi connectivity index (χ4v) is 6.18. The van der Waals surface area contributed by atoms with E-state index >= 15 is 0 Å². The molecule has 0 saturated heterocycles. The highest BCUT2D eigenvalue weighted by Crippen LogP contribution is 2.54. The van der Waals surface area contributed by atoms with Gasteiger partial charge >= 0.3 is 0 Å². The summed E-state index contributed by atoms with van der Waals surface area (Å²) in [5.41, 5.74) is 0.446. The molecule has 2 heterocycles. The number of amides is 1. The van der Waals surface area contributed by atoms with Crippen LogP contribution in [0, 0.1) is 17.7 Å². The number of fused-ring (bicyclic) bond motifs is 1. The molecule has 202 valence electrons. The van der Waals surface area contributed by atoms with Crippen LogP contribution in [0.5, 0.6) is 0 Å². The van der Waals surface area contributed by atoms with Gasteiger partial charge in [0.1, 0.15) is 22.5 Å². The number of aromatic nitrogens is 4. The topological polar surface area (TPSA) is 105 Å². The monoisotopic (exact) mass is 568 g/mol. The zero-order valence-electron chi connectivity index (χ0n) is 20.3. The minimum atomic E-state index is -2.85. The zero-order valence-corrected chi connectivity index (χ0v) is 21.8. The van der Waals surface area contributed by atoms with Crippen LogP contribution in [0.1, 0.15) is 60.0 Å². The first-order chi connectivity index (χ1) is 18.0. The Morgan fingerprint density at radius 3 is 2.58 bits per heavy atom. The lowest BCUT2D eigenvalue weighted by molar-refractivity contribution is 0.0514. The van der Waals surface area contributed by atoms with Crippen molar-refractivity contribution >= 4 is 40.6 Å². The lowest BCUT2D eigenvalue weighted by Gasteiger charge is -2.25. The van der Waals surface area contributed by atoms with E-state index in [4.69, 9.17) is 23.2 Å². The van der Waals surface area contributed by atoms with Gasteiger partial charge < -0.3 is 20.3 Å². The standard InChI is InChI=1S/C25H25Cl2F3N6O2/c1-36-11-32-20(21(36)24(37)33-15-2-3-17(28)16(26)6-15)12-4-13-8-25(38,9-14(13)5-12)10-31-19-7-18(27)34-23(35-19)22(29)30/h2-3,6-7,11-14,22,38H,4-5,8-10H2,1H3,(H,33,37)(H,31,34,35). The molecule has 1 aromatic carbocycles. The molecule has 2 aliphatic carbocycles. The molecule has 2 saturated carbocycles. The van der Waals surface area contributed by atoms with E-state index in [0.717, 1.165) is 12.8 Å². The summed E-state index contributed by atoms with van der Waals surface area (Å²) in [7, 11) is 1.74. The second kappa shape index (κ2) is 10.3. The molecule has 2 atom stereocenters. The predicted octanol–water partition coefficient (Wildman–Crippen LogP) is 5.59. The first-order valence-electron chi connectivity index (χ1n) is 12.1. The summed E-state index contributed by atoms with van der Waals surface area (Å²) >= 11 is 11.7. The first kappa shape index (κ1) is 26.7. The number of nitrogens with zero attached hydrogens (tertiary/aromatic N) is 4. The van der Waals surface area contributed by atoms with Crippen LogP contribution in [0.4, 0.5) is 24.7 Å². The smallest absolute Gasteiger partial charge is 0.297 e. The molecule has 3 aromatic rings. The van der Waals surface area contributed by atoms with E-state index in [1.165, 1.54) is 24.3 Å². The molecule has 1 amide bonds. The molecule has 13 heteroatoms. The maximum Gasteiger partial charge on any atom is 0.297 e. The molecule has 2 fully saturated rings. The van der Waals surface area contributed by atoms with Gasteiger partial charge in [0, 0.05) is 31.3 Å². The predicted molar refractivity (Wildman–Crippen MR) is 136 cm³/mol. The first-order valence-corrected chi connectivity index (χ1v) is 12.8. The van der Waals surface area contributed by atoms with Crippen molar-refractivity contribution in [2.75, 3.05) is 17.2 Å². The highest BCUT2D eigenvalue weighted by molar-refractivity contribution is 6.31. The minimum absolute atomic E-state index is 0.0375. The number of hydrogen-bond donors (Lipinski definition) is 3. The Balaban J connectivity index is 1.23. The number of aryl methyl sites for hydroxylation is 1. The number of carbonyl (C=O) groups excluding carboxylic acids is 1. The van der Waals surface area contributed by atoms with Gasteiger partial charge in [0.2, 0.25) is 0 Å². The third-order valence-electron chi connectivity index (χ3n) is 7.38. The van der Waals surface area contributed by atoms with Gasteiger partial charge in [0.25, 0.3) is 12.3 Å². The van der Waals surface area contributed by atoms with Crippen LogP contribution in [-0.4, -0.2) is 42.7 Å². The second-order valence-corrected chi connectivity index (χ2v) is 10.9. The summed E-state index contributed by atoms with van der Waals surface area (Å²) in [5.74, 6) is -1.01. The van der Waals surface area contributed by atoms with Gasteiger partial charge in [-0.15, -0.1) is 0 Å². The van der Waals surface area contributed by atoms with Gasteiger partial charge in [0.05, 0.1) is 22.6 Å². The molecule has 0 aliphatic heterocycles. The maximum absolute atomic E-state index is 13.5. The van der Waals surface area contributed by atoms with Crippen molar-refractivity contribution in [3.8, 4) is 0 Å². The molecule has 2 aromatic heterocycles. The van der Waals surface area contributed by atoms with E-state index in [1.54, 1.807) is 17.9 Å². The SMILES string of the molecule is Cn1cnc(C2CC3CC(O)(CNc4cc(Cl)nc(C(F)F)n4)CC3C2)c1C(=O)Nc1ccc(F)c(Cl)c1. The van der Waals surface area contributed by atoms with E-state index in [2.05, 4.69) is 25.6 Å². The number of rotatable bonds is 7. The molecule has 8 nitrogen and oxygen atoms in total. The Bertz CT molecular complexity index is 1360. The van der Waals surface area contributed by atoms with Crippen molar-refractivity contribution < 1.29 is 23.1 Å². The Morgan fingerprint density at radius 2 is 1.92 bits per heavy atom. The summed E-state index contributed by atoms with van der Waals surface area (Å²) in [6.07, 6.45) is 1.28. The summed E-state index contributed by atoms with van der Waals surface area (Å²) in [4.78, 5) is 24.9. The van der Waals surface area contributed by atoms with Crippen molar-refractivity contribution in [1.29, 1.82) is 0 Å². The van der Waals surface area contributed by atoms with Crippen LogP contribution in [0.2, 0.25) is 10.2 Å². The minimum Gasteiger partial charge on any atom is -0.388 e. The van der Waals surface area contributed by atoms with E-state index in [9.17, 15) is 23.1 Å². The fourth-order valence-electron chi connectivity index (χ4n) is 5.81. The average Bonchev–Trinajstić information content (AvgIpc) is 3.50. The van der Waals surface area contributed by atoms with E-state index in [0.29, 0.717) is 29.9 Å². The van der Waals surface area contributed by atoms with Crippen LogP contribution in [0.3, 0.4) is 0 Å². The number of benzene rings is 1. The number of alkyl halides is 2. The van der Waals surface area contributed by atoms with Gasteiger partial charge in [0.15, 0.2) is 5.82 Å². The number of anilines is 2. The van der Waals surface area contributed by atoms with Crippen LogP contribution < -0.4 is 10.6 Å². The van der Waals surface area contributed by atoms with E-state index in [1.807, 2.05) is 0 Å². The molecular weight excluding hydrogens is 544 g/mol. The van der Waals surface area contributed by atoms with Crippen LogP contribution >= 0.6 is 23.2 Å². The molecule has 0 radical (unpaired) electrons. The Labute approximate surface area is 226 Å². The third-order valence-corrected chi connectivity index (χ3v) is 7.86. The average molecular weight is 569 g/mol. The van der Waals surface area contributed by atoms with Crippen molar-refractivity contribution in [2.45, 2.75) is 43.6 Å². The molecule has 3 N–H and O–H groups in total. The summed E-state index contributed by atoms with van der Waals surface area (Å²) < 4.78 is 41.1. The number of halogens is 5. The van der Waals surface area contributed by atoms with Crippen LogP contribution in [-0.2, 0) is 7.05 Å². The summed E-state index contributed by atoms with van der Waals surface area (Å²) in [5, 5.41) is 16.7. The maximum atomic E-state index is 13.5. The Hall–Kier alpha value is -2.89.